The molecular weight excluding hydrogens is 333 g/mol. The van der Waals surface area contributed by atoms with E-state index >= 15 is 0 Å². The lowest BCUT2D eigenvalue weighted by Crippen LogP contribution is -2.44. The summed E-state index contributed by atoms with van der Waals surface area (Å²) in [5.41, 5.74) is 4.09. The van der Waals surface area contributed by atoms with Crippen LogP contribution in [0.2, 0.25) is 0 Å². The normalized spacial score (nSPS) is 21.6. The quantitative estimate of drug-likeness (QED) is 0.857. The van der Waals surface area contributed by atoms with Crippen molar-refractivity contribution in [3.63, 3.8) is 0 Å². The fourth-order valence-corrected chi connectivity index (χ4v) is 3.66. The molecule has 124 valence electrons. The zero-order valence-electron chi connectivity index (χ0n) is 13.0. The summed E-state index contributed by atoms with van der Waals surface area (Å²) < 4.78 is 1.97. The molecule has 2 atom stereocenters. The first-order valence-corrected chi connectivity index (χ1v) is 7.60. The summed E-state index contributed by atoms with van der Waals surface area (Å²) >= 11 is 0. The van der Waals surface area contributed by atoms with E-state index in [0.717, 1.165) is 36.6 Å². The van der Waals surface area contributed by atoms with Crippen LogP contribution in [0.1, 0.15) is 23.7 Å². The molecule has 0 aromatic carbocycles. The molecule has 0 aliphatic carbocycles. The standard InChI is InChI=1S/C17H19N3O.2ClH/c1-11-3-2-4-15(19-11)13-6-16-14-5-12(8-18-9-14)10-20(16)17(21)7-13;;/h2-4,6-7,12,14,18H,5,8-10H2,1H3;2*1H/t12-,14+;;/m0../s1. The number of aryl methyl sites for hydroxylation is 1. The van der Waals surface area contributed by atoms with Crippen LogP contribution in [0.4, 0.5) is 0 Å². The van der Waals surface area contributed by atoms with E-state index in [1.165, 1.54) is 12.1 Å². The minimum absolute atomic E-state index is 0. The monoisotopic (exact) mass is 353 g/mol. The van der Waals surface area contributed by atoms with Crippen LogP contribution >= 0.6 is 24.8 Å². The second-order valence-corrected chi connectivity index (χ2v) is 6.24. The lowest BCUT2D eigenvalue weighted by molar-refractivity contribution is 0.257. The van der Waals surface area contributed by atoms with E-state index < -0.39 is 0 Å². The fraction of sp³-hybridized carbons (Fsp3) is 0.412. The Labute approximate surface area is 148 Å². The third-order valence-corrected chi connectivity index (χ3v) is 4.64. The average molecular weight is 354 g/mol. The summed E-state index contributed by atoms with van der Waals surface area (Å²) in [4.78, 5) is 17.0. The van der Waals surface area contributed by atoms with Gasteiger partial charge in [-0.1, -0.05) is 6.07 Å². The Hall–Kier alpha value is -1.36. The summed E-state index contributed by atoms with van der Waals surface area (Å²) in [5.74, 6) is 1.05. The first kappa shape index (κ1) is 18.0. The molecule has 6 heteroatoms. The summed E-state index contributed by atoms with van der Waals surface area (Å²) in [6, 6.07) is 9.84. The molecule has 23 heavy (non-hydrogen) atoms. The Kier molecular flexibility index (Phi) is 5.50. The van der Waals surface area contributed by atoms with Gasteiger partial charge in [0.25, 0.3) is 5.56 Å². The molecule has 0 unspecified atom stereocenters. The van der Waals surface area contributed by atoms with Crippen molar-refractivity contribution in [3.05, 3.63) is 52.1 Å². The van der Waals surface area contributed by atoms with Crippen LogP contribution in [-0.4, -0.2) is 22.6 Å². The number of fused-ring (bicyclic) bond motifs is 4. The molecule has 2 aromatic rings. The number of aromatic nitrogens is 2. The average Bonchev–Trinajstić information content (AvgIpc) is 2.48. The highest BCUT2D eigenvalue weighted by Crippen LogP contribution is 2.33. The van der Waals surface area contributed by atoms with Crippen molar-refractivity contribution in [3.8, 4) is 11.3 Å². The predicted octanol–water partition coefficient (Wildman–Crippen LogP) is 2.77. The van der Waals surface area contributed by atoms with E-state index in [9.17, 15) is 4.79 Å². The van der Waals surface area contributed by atoms with Crippen molar-refractivity contribution in [1.29, 1.82) is 0 Å². The van der Waals surface area contributed by atoms with Gasteiger partial charge in [-0.3, -0.25) is 9.78 Å². The Morgan fingerprint density at radius 3 is 2.83 bits per heavy atom. The topological polar surface area (TPSA) is 46.9 Å². The Bertz CT molecular complexity index is 760. The molecule has 2 aliphatic rings. The van der Waals surface area contributed by atoms with E-state index in [0.29, 0.717) is 11.8 Å². The molecule has 2 aromatic heterocycles. The molecule has 0 spiro atoms. The lowest BCUT2D eigenvalue weighted by Gasteiger charge is -2.37. The zero-order valence-corrected chi connectivity index (χ0v) is 14.6. The molecule has 0 saturated carbocycles. The Morgan fingerprint density at radius 2 is 2.04 bits per heavy atom. The van der Waals surface area contributed by atoms with Crippen LogP contribution in [0, 0.1) is 12.8 Å². The van der Waals surface area contributed by atoms with Gasteiger partial charge in [-0.05, 0) is 44.0 Å². The molecule has 4 heterocycles. The minimum atomic E-state index is 0. The van der Waals surface area contributed by atoms with Crippen LogP contribution in [0.15, 0.2) is 35.1 Å². The fourth-order valence-electron chi connectivity index (χ4n) is 3.66. The van der Waals surface area contributed by atoms with Crippen LogP contribution in [-0.2, 0) is 6.54 Å². The van der Waals surface area contributed by atoms with Crippen molar-refractivity contribution in [1.82, 2.24) is 14.9 Å². The van der Waals surface area contributed by atoms with Gasteiger partial charge in [0.2, 0.25) is 0 Å². The van der Waals surface area contributed by atoms with E-state index in [1.807, 2.05) is 29.7 Å². The van der Waals surface area contributed by atoms with Gasteiger partial charge < -0.3 is 9.88 Å². The van der Waals surface area contributed by atoms with Crippen molar-refractivity contribution < 1.29 is 0 Å². The molecule has 1 fully saturated rings. The van der Waals surface area contributed by atoms with Gasteiger partial charge in [-0.15, -0.1) is 24.8 Å². The number of nitrogens with one attached hydrogen (secondary N) is 1. The predicted molar refractivity (Wildman–Crippen MR) is 96.9 cm³/mol. The lowest BCUT2D eigenvalue weighted by atomic mass is 9.83. The molecule has 2 bridgehead atoms. The first-order chi connectivity index (χ1) is 10.2. The number of pyridine rings is 2. The van der Waals surface area contributed by atoms with Gasteiger partial charge in [-0.25, -0.2) is 0 Å². The summed E-state index contributed by atoms with van der Waals surface area (Å²) in [6.07, 6.45) is 1.19. The molecule has 1 N–H and O–H groups in total. The zero-order chi connectivity index (χ0) is 14.4. The van der Waals surface area contributed by atoms with E-state index in [2.05, 4.69) is 16.4 Å². The number of nitrogens with zero attached hydrogens (tertiary/aromatic N) is 2. The second-order valence-electron chi connectivity index (χ2n) is 6.24. The van der Waals surface area contributed by atoms with Crippen molar-refractivity contribution in [2.24, 2.45) is 5.92 Å². The highest BCUT2D eigenvalue weighted by molar-refractivity contribution is 5.85. The number of hydrogen-bond acceptors (Lipinski definition) is 3. The van der Waals surface area contributed by atoms with Gasteiger partial charge in [0.05, 0.1) is 5.69 Å². The number of piperidine rings is 1. The molecule has 4 rings (SSSR count). The largest absolute Gasteiger partial charge is 0.316 e. The van der Waals surface area contributed by atoms with E-state index in [-0.39, 0.29) is 30.4 Å². The number of rotatable bonds is 1. The summed E-state index contributed by atoms with van der Waals surface area (Å²) in [6.45, 7) is 4.83. The van der Waals surface area contributed by atoms with Crippen molar-refractivity contribution >= 4 is 24.8 Å². The van der Waals surface area contributed by atoms with Gasteiger partial charge in [0, 0.05) is 42.0 Å². The van der Waals surface area contributed by atoms with Crippen molar-refractivity contribution in [2.45, 2.75) is 25.8 Å². The number of halogens is 2. The third-order valence-electron chi connectivity index (χ3n) is 4.64. The summed E-state index contributed by atoms with van der Waals surface area (Å²) in [7, 11) is 0. The van der Waals surface area contributed by atoms with Crippen molar-refractivity contribution in [2.75, 3.05) is 13.1 Å². The molecule has 4 nitrogen and oxygen atoms in total. The van der Waals surface area contributed by atoms with Crippen LogP contribution in [0.5, 0.6) is 0 Å². The minimum Gasteiger partial charge on any atom is -0.316 e. The maximum Gasteiger partial charge on any atom is 0.251 e. The molecule has 1 saturated heterocycles. The molecule has 0 radical (unpaired) electrons. The molecular formula is C17H21Cl2N3O. The van der Waals surface area contributed by atoms with Crippen LogP contribution in [0.25, 0.3) is 11.3 Å². The van der Waals surface area contributed by atoms with Gasteiger partial charge in [-0.2, -0.15) is 0 Å². The Balaban J connectivity index is 0.000000960. The van der Waals surface area contributed by atoms with Crippen LogP contribution in [0.3, 0.4) is 0 Å². The SMILES string of the molecule is Cc1cccc(-c2cc3n(c(=O)c2)C[C@@H]2CNC[C@H]3C2)n1.Cl.Cl. The smallest absolute Gasteiger partial charge is 0.251 e. The maximum atomic E-state index is 12.5. The number of hydrogen-bond donors (Lipinski definition) is 1. The third kappa shape index (κ3) is 3.30. The van der Waals surface area contributed by atoms with Gasteiger partial charge >= 0.3 is 0 Å². The second kappa shape index (κ2) is 7.04. The highest BCUT2D eigenvalue weighted by atomic mass is 35.5. The molecule has 0 amide bonds. The van der Waals surface area contributed by atoms with Crippen LogP contribution < -0.4 is 10.9 Å². The Morgan fingerprint density at radius 1 is 1.22 bits per heavy atom. The molecule has 2 aliphatic heterocycles. The first-order valence-electron chi connectivity index (χ1n) is 7.60. The van der Waals surface area contributed by atoms with Gasteiger partial charge in [0.1, 0.15) is 0 Å². The highest BCUT2D eigenvalue weighted by Gasteiger charge is 2.31. The van der Waals surface area contributed by atoms with Gasteiger partial charge in [0.15, 0.2) is 0 Å². The van der Waals surface area contributed by atoms with E-state index in [4.69, 9.17) is 0 Å². The summed E-state index contributed by atoms with van der Waals surface area (Å²) in [5, 5.41) is 3.48. The van der Waals surface area contributed by atoms with E-state index in [1.54, 1.807) is 6.07 Å². The maximum absolute atomic E-state index is 12.5.